The molecule has 91 heavy (non-hydrogen) atoms. The molecule has 0 N–H and O–H groups in total. The number of thiophene rings is 2. The molecular weight excluding hydrogens is 1190 g/mol. The fourth-order valence-electron chi connectivity index (χ4n) is 8.69. The second-order valence-corrected chi connectivity index (χ2v) is 28.2. The van der Waals surface area contributed by atoms with E-state index < -0.39 is 0 Å². The van der Waals surface area contributed by atoms with Gasteiger partial charge in [-0.15, -0.1) is 54.4 Å². The summed E-state index contributed by atoms with van der Waals surface area (Å²) >= 11 is 5.41. The molecule has 0 aliphatic rings. The first-order valence-electron chi connectivity index (χ1n) is 31.2. The highest BCUT2D eigenvalue weighted by Gasteiger charge is 2.09. The molecule has 0 amide bonds. The minimum Gasteiger partial charge on any atom is -0.466 e. The van der Waals surface area contributed by atoms with Crippen molar-refractivity contribution in [3.05, 3.63) is 210 Å². The zero-order chi connectivity index (χ0) is 70.5. The Kier molecular flexibility index (Phi) is 34.1. The first-order valence-corrected chi connectivity index (χ1v) is 33.6. The summed E-state index contributed by atoms with van der Waals surface area (Å²) in [4.78, 5) is 19.2. The van der Waals surface area contributed by atoms with Gasteiger partial charge in [0, 0.05) is 73.1 Å². The Balaban J connectivity index is 0.000000507. The van der Waals surface area contributed by atoms with Gasteiger partial charge in [-0.3, -0.25) is 15.0 Å². The van der Waals surface area contributed by atoms with Crippen molar-refractivity contribution < 1.29 is 17.8 Å². The van der Waals surface area contributed by atoms with Crippen LogP contribution in [0.15, 0.2) is 17.8 Å². The van der Waals surface area contributed by atoms with Gasteiger partial charge in [0.05, 0.1) is 5.69 Å². The summed E-state index contributed by atoms with van der Waals surface area (Å²) in [5, 5.41) is 20.6. The maximum atomic E-state index is 5.34. The van der Waals surface area contributed by atoms with Gasteiger partial charge < -0.3 is 17.8 Å². The van der Waals surface area contributed by atoms with E-state index in [4.69, 9.17) is 17.8 Å². The van der Waals surface area contributed by atoms with Crippen molar-refractivity contribution in [1.29, 1.82) is 0 Å². The maximum absolute atomic E-state index is 5.34. The van der Waals surface area contributed by atoms with Crippen LogP contribution in [-0.4, -0.2) is 40.5 Å². The molecule has 10 aromatic heterocycles. The van der Waals surface area contributed by atoms with Crippen molar-refractivity contribution in [2.24, 2.45) is 0 Å². The Morgan fingerprint density at radius 2 is 0.429 bits per heavy atom. The number of hydrogen-bond donors (Lipinski definition) is 0. The first-order chi connectivity index (χ1) is 41.9. The molecule has 0 atom stereocenters. The molecule has 15 heteroatoms. The summed E-state index contributed by atoms with van der Waals surface area (Å²) in [5.74, 6) is 6.35. The van der Waals surface area contributed by atoms with Crippen molar-refractivity contribution in [2.75, 3.05) is 0 Å². The van der Waals surface area contributed by atoms with E-state index in [1.807, 2.05) is 85.0 Å². The van der Waals surface area contributed by atoms with Crippen LogP contribution >= 0.6 is 34.0 Å². The summed E-state index contributed by atoms with van der Waals surface area (Å²) in [6, 6.07) is 0. The fraction of sp³-hybridized carbons (Fsp3) is 0.500. The Morgan fingerprint density at radius 1 is 0.198 bits per heavy atom. The van der Waals surface area contributed by atoms with Gasteiger partial charge in [-0.25, -0.2) is 0 Å². The second-order valence-electron chi connectivity index (χ2n) is 24.0. The minimum atomic E-state index is 0.623. The van der Waals surface area contributed by atoms with E-state index in [1.54, 1.807) is 25.2 Å². The molecule has 10 rings (SSSR count). The highest BCUT2D eigenvalue weighted by Crippen LogP contribution is 2.27. The van der Waals surface area contributed by atoms with Gasteiger partial charge in [0.2, 0.25) is 11.8 Å². The van der Waals surface area contributed by atoms with Crippen LogP contribution in [0.4, 0.5) is 0 Å². The van der Waals surface area contributed by atoms with Crippen molar-refractivity contribution in [3.8, 4) is 0 Å². The van der Waals surface area contributed by atoms with Gasteiger partial charge in [0.25, 0.3) is 0 Å². The number of furan rings is 2. The quantitative estimate of drug-likeness (QED) is 0.142. The summed E-state index contributed by atoms with van der Waals surface area (Å²) in [6.07, 6.45) is 0. The van der Waals surface area contributed by atoms with Gasteiger partial charge in [-0.1, -0.05) is 5.16 Å². The zero-order valence-corrected chi connectivity index (χ0v) is 65.9. The molecule has 0 radical (unpaired) electrons. The molecule has 0 spiro atoms. The highest BCUT2D eigenvalue weighted by atomic mass is 32.1. The third-order valence-corrected chi connectivity index (χ3v) is 21.2. The summed E-state index contributed by atoms with van der Waals surface area (Å²) < 4.78 is 20.4. The van der Waals surface area contributed by atoms with Crippen molar-refractivity contribution in [3.63, 3.8) is 0 Å². The van der Waals surface area contributed by atoms with Gasteiger partial charge in [-0.05, 0) is 344 Å². The molecule has 0 bridgehead atoms. The van der Waals surface area contributed by atoms with Crippen LogP contribution in [0.5, 0.6) is 0 Å². The predicted molar refractivity (Wildman–Crippen MR) is 389 cm³/mol. The predicted octanol–water partition coefficient (Wildman–Crippen LogP) is 22.3. The highest BCUT2D eigenvalue weighted by molar-refractivity contribution is 7.12. The standard InChI is InChI=1S/3C10H15N.2C8H12O.2C8H12S.C6H9NO.C4H6N2O.C4H6N2S/c3*1-6-7(2)9(4)11-10(5)8(6)3;4*1-5-6(2)8(4)9-7(5)3;1-4-5(2)7-8-6(4)3;2*1-3-5-6-4(2)7-3/h3*1-5H3;4*1-4H3;1-3H3;2*1-2H3. The third kappa shape index (κ3) is 25.0. The zero-order valence-electron chi connectivity index (χ0n) is 63.4. The van der Waals surface area contributed by atoms with E-state index in [0.717, 1.165) is 84.2 Å². The van der Waals surface area contributed by atoms with Gasteiger partial charge in [0.1, 0.15) is 38.8 Å². The Labute approximate surface area is 562 Å². The molecule has 0 fully saturated rings. The molecule has 12 nitrogen and oxygen atoms in total. The number of pyridine rings is 3. The third-order valence-electron chi connectivity index (χ3n) is 18.0. The fourth-order valence-corrected chi connectivity index (χ4v) is 11.4. The second kappa shape index (κ2) is 37.7. The normalized spacial score (nSPS) is 10.1. The van der Waals surface area contributed by atoms with Gasteiger partial charge in [0.15, 0.2) is 0 Å². The monoisotopic (exact) mass is 1300 g/mol. The Bertz CT molecular complexity index is 3340. The molecule has 10 aromatic rings. The SMILES string of the molecule is Cc1nc(C)c(C)c(C)c1C.Cc1nc(C)c(C)c(C)c1C.Cc1nc(C)c(C)c(C)c1C.Cc1nnc(C)o1.Cc1nnc(C)s1.Cc1noc(C)c1C.Cc1oc(C)c(C)c1C.Cc1oc(C)c(C)c1C.Cc1sc(C)c(C)c1C.Cc1sc(C)c(C)c1C. The van der Waals surface area contributed by atoms with Gasteiger partial charge >= 0.3 is 0 Å². The van der Waals surface area contributed by atoms with Crippen molar-refractivity contribution in [1.82, 2.24) is 40.5 Å². The molecule has 0 saturated carbocycles. The van der Waals surface area contributed by atoms with E-state index >= 15 is 0 Å². The lowest BCUT2D eigenvalue weighted by molar-refractivity contribution is 0.392. The number of aromatic nitrogens is 8. The number of nitrogens with zero attached hydrogens (tertiary/aromatic N) is 8. The molecule has 500 valence electrons. The van der Waals surface area contributed by atoms with Crippen molar-refractivity contribution in [2.45, 2.75) is 263 Å². The average molecular weight is 1300 g/mol. The van der Waals surface area contributed by atoms with E-state index in [-0.39, 0.29) is 0 Å². The van der Waals surface area contributed by atoms with Crippen molar-refractivity contribution >= 4 is 34.0 Å². The van der Waals surface area contributed by atoms with E-state index in [2.05, 4.69) is 227 Å². The molecule has 0 unspecified atom stereocenters. The average Bonchev–Trinajstić information content (AvgIpc) is 1.93. The molecule has 10 heterocycles. The van der Waals surface area contributed by atoms with Crippen LogP contribution in [0.2, 0.25) is 0 Å². The number of aryl methyl sites for hydroxylation is 20. The summed E-state index contributed by atoms with van der Waals surface area (Å²) in [6.45, 7) is 78.7. The largest absolute Gasteiger partial charge is 0.466 e. The van der Waals surface area contributed by atoms with E-state index in [0.29, 0.717) is 11.8 Å². The molecule has 0 aromatic carbocycles. The molecule has 0 aliphatic carbocycles. The molecular formula is C76H114N8O4S3. The van der Waals surface area contributed by atoms with Crippen LogP contribution in [0.3, 0.4) is 0 Å². The number of hydrogen-bond acceptors (Lipinski definition) is 15. The Hall–Kier alpha value is -6.68. The lowest BCUT2D eigenvalue weighted by atomic mass is 10.0. The van der Waals surface area contributed by atoms with Crippen LogP contribution in [0, 0.1) is 263 Å². The number of rotatable bonds is 0. The molecule has 0 aliphatic heterocycles. The van der Waals surface area contributed by atoms with Crippen LogP contribution < -0.4 is 0 Å². The summed E-state index contributed by atoms with van der Waals surface area (Å²) in [7, 11) is 0. The maximum Gasteiger partial charge on any atom is 0.213 e. The van der Waals surface area contributed by atoms with E-state index in [9.17, 15) is 0 Å². The van der Waals surface area contributed by atoms with E-state index in [1.165, 1.54) is 114 Å². The minimum absolute atomic E-state index is 0.623. The molecule has 0 saturated heterocycles. The van der Waals surface area contributed by atoms with Gasteiger partial charge in [-0.2, -0.15) is 0 Å². The summed E-state index contributed by atoms with van der Waals surface area (Å²) in [5.41, 5.74) is 32.2. The lowest BCUT2D eigenvalue weighted by Crippen LogP contribution is -1.98. The van der Waals surface area contributed by atoms with Crippen LogP contribution in [-0.2, 0) is 0 Å². The van der Waals surface area contributed by atoms with Crippen LogP contribution in [0.25, 0.3) is 0 Å². The smallest absolute Gasteiger partial charge is 0.213 e. The topological polar surface area (TPSA) is 156 Å². The first kappa shape index (κ1) is 82.3. The lowest BCUT2D eigenvalue weighted by Gasteiger charge is -2.09. The Morgan fingerprint density at radius 3 is 0.527 bits per heavy atom. The van der Waals surface area contributed by atoms with Crippen LogP contribution in [0.1, 0.15) is 210 Å².